The van der Waals surface area contributed by atoms with Crippen LogP contribution in [0.1, 0.15) is 20.6 Å². The maximum atomic E-state index is 9.69. The Kier molecular flexibility index (Phi) is 3.70. The van der Waals surface area contributed by atoms with E-state index in [9.17, 15) is 9.60 Å². The lowest BCUT2D eigenvalue weighted by atomic mass is 10.0. The molecule has 0 aliphatic carbocycles. The zero-order valence-corrected chi connectivity index (χ0v) is 25.3. The molecule has 49 heavy (non-hydrogen) atoms. The highest BCUT2D eigenvalue weighted by Gasteiger charge is 2.21. The number of anilines is 3. The van der Waals surface area contributed by atoms with E-state index in [1.807, 2.05) is 36.4 Å². The average molecular weight is 643 g/mol. The molecule has 0 saturated heterocycles. The second kappa shape index (κ2) is 11.0. The topological polar surface area (TPSA) is 29.5 Å². The van der Waals surface area contributed by atoms with Crippen molar-refractivity contribution >= 4 is 71.7 Å². The molecule has 10 rings (SSSR count). The standard InChI is InChI=1S/C46H29NO2/c1-2-10-30(11-3-1)33-13-8-14-36(28-33)47(41-17-9-19-44-45(41)39-26-22-32-12-4-5-15-37(32)46(39)49-44)35-24-20-31(21-25-35)34-23-27-43-40(29-34)38-16-6-7-18-42(38)48-43/h1-29H/i6D,7D,8D,13D,14D,16D,18D,20D,21D,23D,24D,25D,27D,28D,29D. The first kappa shape index (κ1) is 16.5. The van der Waals surface area contributed by atoms with Gasteiger partial charge in [0.15, 0.2) is 0 Å². The normalized spacial score (nSPS) is 16.0. The van der Waals surface area contributed by atoms with E-state index in [-0.39, 0.29) is 33.3 Å². The van der Waals surface area contributed by atoms with E-state index < -0.39 is 113 Å². The van der Waals surface area contributed by atoms with Gasteiger partial charge in [-0.3, -0.25) is 0 Å². The van der Waals surface area contributed by atoms with Crippen molar-refractivity contribution in [2.45, 2.75) is 0 Å². The van der Waals surface area contributed by atoms with Gasteiger partial charge in [0, 0.05) is 32.9 Å². The van der Waals surface area contributed by atoms with Crippen molar-refractivity contribution in [1.29, 1.82) is 0 Å². The summed E-state index contributed by atoms with van der Waals surface area (Å²) in [6, 6.07) is 15.1. The average Bonchev–Trinajstić information content (AvgIpc) is 3.90. The van der Waals surface area contributed by atoms with Gasteiger partial charge in [-0.1, -0.05) is 115 Å². The van der Waals surface area contributed by atoms with Gasteiger partial charge in [0.1, 0.15) is 22.3 Å². The van der Waals surface area contributed by atoms with Gasteiger partial charge in [-0.05, 0) is 88.1 Å². The van der Waals surface area contributed by atoms with Crippen LogP contribution in [0.15, 0.2) is 184 Å². The number of hydrogen-bond donors (Lipinski definition) is 0. The Bertz CT molecular complexity index is 3670. The van der Waals surface area contributed by atoms with Crippen LogP contribution in [0.3, 0.4) is 0 Å². The molecule has 3 heteroatoms. The molecular weight excluding hydrogens is 599 g/mol. The molecule has 0 atom stereocenters. The molecule has 0 spiro atoms. The highest BCUT2D eigenvalue weighted by Crippen LogP contribution is 2.45. The van der Waals surface area contributed by atoms with Gasteiger partial charge < -0.3 is 13.7 Å². The van der Waals surface area contributed by atoms with E-state index >= 15 is 0 Å². The molecule has 2 heterocycles. The summed E-state index contributed by atoms with van der Waals surface area (Å²) in [5.74, 6) is 0. The lowest BCUT2D eigenvalue weighted by Gasteiger charge is -2.27. The monoisotopic (exact) mass is 642 g/mol. The smallest absolute Gasteiger partial charge is 0.143 e. The molecule has 2 aromatic heterocycles. The second-order valence-corrected chi connectivity index (χ2v) is 11.3. The van der Waals surface area contributed by atoms with Crippen molar-refractivity contribution in [1.82, 2.24) is 0 Å². The van der Waals surface area contributed by atoms with E-state index in [0.29, 0.717) is 27.5 Å². The van der Waals surface area contributed by atoms with Crippen molar-refractivity contribution in [3.8, 4) is 22.3 Å². The molecule has 0 fully saturated rings. The van der Waals surface area contributed by atoms with E-state index in [2.05, 4.69) is 0 Å². The number of rotatable bonds is 5. The fraction of sp³-hybridized carbons (Fsp3) is 0. The van der Waals surface area contributed by atoms with Crippen molar-refractivity contribution in [2.75, 3.05) is 4.90 Å². The van der Waals surface area contributed by atoms with Crippen LogP contribution in [0.2, 0.25) is 0 Å². The molecule has 10 aromatic rings. The Hall–Kier alpha value is -6.58. The summed E-state index contributed by atoms with van der Waals surface area (Å²) in [4.78, 5) is 1.20. The fourth-order valence-electron chi connectivity index (χ4n) is 6.24. The third-order valence-electron chi connectivity index (χ3n) is 8.47. The Balaban J connectivity index is 1.33. The molecule has 0 N–H and O–H groups in total. The van der Waals surface area contributed by atoms with E-state index in [0.717, 1.165) is 10.8 Å². The Morgan fingerprint density at radius 1 is 0.429 bits per heavy atom. The van der Waals surface area contributed by atoms with Crippen LogP contribution in [0.25, 0.3) is 76.9 Å². The molecule has 0 aliphatic rings. The van der Waals surface area contributed by atoms with Gasteiger partial charge in [-0.2, -0.15) is 0 Å². The largest absolute Gasteiger partial charge is 0.456 e. The number of fused-ring (bicyclic) bond motifs is 8. The molecule has 230 valence electrons. The molecule has 0 unspecified atom stereocenters. The third-order valence-corrected chi connectivity index (χ3v) is 8.47. The SMILES string of the molecule is [2H]c1c([2H])c(-c2ccccc2)c([2H])c(N(c2c([2H])c([2H])c(-c3c([2H])c([2H])c4oc5c([2H])c([2H])c([2H])c([2H])c5c4c3[2H])c([2H])c2[2H])c2cccc3oc4c5ccccc5ccc4c23)c1[2H]. The summed E-state index contributed by atoms with van der Waals surface area (Å²) in [5.41, 5.74) is -1.34. The predicted molar refractivity (Wildman–Crippen MR) is 204 cm³/mol. The molecule has 8 aromatic carbocycles. The van der Waals surface area contributed by atoms with Crippen LogP contribution >= 0.6 is 0 Å². The van der Waals surface area contributed by atoms with Crippen LogP contribution < -0.4 is 4.90 Å². The lowest BCUT2D eigenvalue weighted by Crippen LogP contribution is -2.10. The third kappa shape index (κ3) is 4.51. The number of hydrogen-bond acceptors (Lipinski definition) is 3. The quantitative estimate of drug-likeness (QED) is 0.187. The first-order valence-electron chi connectivity index (χ1n) is 22.9. The maximum Gasteiger partial charge on any atom is 0.143 e. The molecule has 0 radical (unpaired) electrons. The van der Waals surface area contributed by atoms with E-state index in [1.54, 1.807) is 48.5 Å². The van der Waals surface area contributed by atoms with Crippen molar-refractivity contribution in [3.63, 3.8) is 0 Å². The zero-order valence-electron chi connectivity index (χ0n) is 40.3. The Morgan fingerprint density at radius 2 is 1.22 bits per heavy atom. The number of furan rings is 2. The van der Waals surface area contributed by atoms with Crippen molar-refractivity contribution < 1.29 is 29.4 Å². The summed E-state index contributed by atoms with van der Waals surface area (Å²) in [5, 5.41) is 2.10. The van der Waals surface area contributed by atoms with Crippen LogP contribution in [-0.2, 0) is 0 Å². The summed E-state index contributed by atoms with van der Waals surface area (Å²) < 4.78 is 148. The second-order valence-electron chi connectivity index (χ2n) is 11.3. The van der Waals surface area contributed by atoms with Gasteiger partial charge in [0.05, 0.1) is 31.6 Å². The zero-order chi connectivity index (χ0) is 45.4. The van der Waals surface area contributed by atoms with Gasteiger partial charge in [-0.15, -0.1) is 0 Å². The minimum atomic E-state index is -0.781. The first-order chi connectivity index (χ1) is 30.6. The highest BCUT2D eigenvalue weighted by molar-refractivity contribution is 6.19. The number of nitrogens with zero attached hydrogens (tertiary/aromatic N) is 1. The van der Waals surface area contributed by atoms with Gasteiger partial charge >= 0.3 is 0 Å². The minimum Gasteiger partial charge on any atom is -0.456 e. The molecule has 0 amide bonds. The van der Waals surface area contributed by atoms with E-state index in [4.69, 9.17) is 19.8 Å². The Morgan fingerprint density at radius 3 is 2.14 bits per heavy atom. The van der Waals surface area contributed by atoms with Crippen LogP contribution in [-0.4, -0.2) is 0 Å². The first-order valence-corrected chi connectivity index (χ1v) is 15.4. The van der Waals surface area contributed by atoms with E-state index in [1.165, 1.54) is 4.90 Å². The van der Waals surface area contributed by atoms with Gasteiger partial charge in [-0.25, -0.2) is 0 Å². The minimum absolute atomic E-state index is 0.0250. The van der Waals surface area contributed by atoms with Crippen molar-refractivity contribution in [2.24, 2.45) is 0 Å². The summed E-state index contributed by atoms with van der Waals surface area (Å²) in [6.45, 7) is 0. The lowest BCUT2D eigenvalue weighted by molar-refractivity contribution is 0.669. The molecule has 0 aliphatic heterocycles. The number of benzene rings is 8. The predicted octanol–water partition coefficient (Wildman–Crippen LogP) is 13.4. The molecule has 0 saturated carbocycles. The van der Waals surface area contributed by atoms with Crippen LogP contribution in [0.4, 0.5) is 17.1 Å². The molecule has 3 nitrogen and oxygen atoms in total. The van der Waals surface area contributed by atoms with Crippen LogP contribution in [0.5, 0.6) is 0 Å². The highest BCUT2D eigenvalue weighted by atomic mass is 16.3. The number of para-hydroxylation sites is 1. The Labute approximate surface area is 303 Å². The van der Waals surface area contributed by atoms with Crippen molar-refractivity contribution in [3.05, 3.63) is 176 Å². The maximum absolute atomic E-state index is 9.69. The van der Waals surface area contributed by atoms with Crippen LogP contribution in [0, 0.1) is 0 Å². The molecule has 0 bridgehead atoms. The summed E-state index contributed by atoms with van der Waals surface area (Å²) >= 11 is 0. The molecular formula is C46H29NO2. The summed E-state index contributed by atoms with van der Waals surface area (Å²) in [6.07, 6.45) is 0. The fourth-order valence-corrected chi connectivity index (χ4v) is 6.24. The van der Waals surface area contributed by atoms with Gasteiger partial charge in [0.25, 0.3) is 0 Å². The van der Waals surface area contributed by atoms with Gasteiger partial charge in [0.2, 0.25) is 0 Å². The summed E-state index contributed by atoms with van der Waals surface area (Å²) in [7, 11) is 0.